The molecule has 0 bridgehead atoms. The third-order valence-electron chi connectivity index (χ3n) is 3.25. The third kappa shape index (κ3) is 4.14. The van der Waals surface area contributed by atoms with E-state index in [0.717, 1.165) is 16.5 Å². The highest BCUT2D eigenvalue weighted by atomic mass is 79.9. The molecule has 1 rings (SSSR count). The van der Waals surface area contributed by atoms with Gasteiger partial charge >= 0.3 is 0 Å². The summed E-state index contributed by atoms with van der Waals surface area (Å²) < 4.78 is 0. The van der Waals surface area contributed by atoms with Gasteiger partial charge in [0.25, 0.3) is 0 Å². The molecule has 0 nitrogen and oxygen atoms in total. The molecule has 0 aromatic rings. The van der Waals surface area contributed by atoms with Gasteiger partial charge < -0.3 is 0 Å². The van der Waals surface area contributed by atoms with Crippen LogP contribution in [-0.4, -0.2) is 16.3 Å². The Morgan fingerprint density at radius 1 is 1.29 bits per heavy atom. The molecule has 2 heteroatoms. The summed E-state index contributed by atoms with van der Waals surface area (Å²) >= 11 is 5.86. The number of halogens is 1. The van der Waals surface area contributed by atoms with Gasteiger partial charge in [0.1, 0.15) is 0 Å². The summed E-state index contributed by atoms with van der Waals surface area (Å²) in [5.74, 6) is 2.15. The molecule has 1 fully saturated rings. The SMILES string of the molecule is CC(C)(C)C(CBr)CSC1CCCC1. The lowest BCUT2D eigenvalue weighted by molar-refractivity contribution is 0.295. The molecule has 1 aliphatic carbocycles. The Labute approximate surface area is 102 Å². The fourth-order valence-corrected chi connectivity index (χ4v) is 5.13. The van der Waals surface area contributed by atoms with Gasteiger partial charge in [-0.05, 0) is 29.9 Å². The second-order valence-electron chi connectivity index (χ2n) is 5.46. The van der Waals surface area contributed by atoms with Crippen LogP contribution < -0.4 is 0 Å². The van der Waals surface area contributed by atoms with Gasteiger partial charge in [-0.1, -0.05) is 49.5 Å². The zero-order valence-electron chi connectivity index (χ0n) is 9.68. The lowest BCUT2D eigenvalue weighted by atomic mass is 9.83. The van der Waals surface area contributed by atoms with Crippen molar-refractivity contribution in [1.82, 2.24) is 0 Å². The number of alkyl halides is 1. The van der Waals surface area contributed by atoms with Gasteiger partial charge in [0.05, 0.1) is 0 Å². The van der Waals surface area contributed by atoms with Crippen LogP contribution in [0.15, 0.2) is 0 Å². The molecule has 0 N–H and O–H groups in total. The van der Waals surface area contributed by atoms with Crippen LogP contribution in [0.25, 0.3) is 0 Å². The monoisotopic (exact) mass is 278 g/mol. The zero-order chi connectivity index (χ0) is 10.6. The van der Waals surface area contributed by atoms with Gasteiger partial charge in [0.15, 0.2) is 0 Å². The highest BCUT2D eigenvalue weighted by molar-refractivity contribution is 9.09. The topological polar surface area (TPSA) is 0 Å². The van der Waals surface area contributed by atoms with Crippen molar-refractivity contribution in [3.8, 4) is 0 Å². The second-order valence-corrected chi connectivity index (χ2v) is 7.44. The maximum atomic E-state index is 3.65. The molecule has 14 heavy (non-hydrogen) atoms. The van der Waals surface area contributed by atoms with Crippen molar-refractivity contribution in [3.05, 3.63) is 0 Å². The van der Waals surface area contributed by atoms with E-state index in [2.05, 4.69) is 48.5 Å². The maximum Gasteiger partial charge on any atom is 0.00725 e. The Morgan fingerprint density at radius 3 is 2.29 bits per heavy atom. The predicted molar refractivity (Wildman–Crippen MR) is 71.5 cm³/mol. The maximum absolute atomic E-state index is 3.65. The van der Waals surface area contributed by atoms with Crippen molar-refractivity contribution in [2.45, 2.75) is 51.7 Å². The average molecular weight is 279 g/mol. The largest absolute Gasteiger partial charge is 0.158 e. The first kappa shape index (κ1) is 12.9. The fourth-order valence-electron chi connectivity index (χ4n) is 1.83. The Balaban J connectivity index is 2.26. The van der Waals surface area contributed by atoms with Crippen molar-refractivity contribution >= 4 is 27.7 Å². The first-order valence-corrected chi connectivity index (χ1v) is 7.88. The standard InChI is InChI=1S/C12H23BrS/c1-12(2,3)10(8-13)9-14-11-6-4-5-7-11/h10-11H,4-9H2,1-3H3. The molecule has 0 heterocycles. The molecule has 84 valence electrons. The van der Waals surface area contributed by atoms with Gasteiger partial charge in [-0.2, -0.15) is 11.8 Å². The summed E-state index contributed by atoms with van der Waals surface area (Å²) in [4.78, 5) is 0. The normalized spacial score (nSPS) is 21.4. The average Bonchev–Trinajstić information content (AvgIpc) is 2.55. The van der Waals surface area contributed by atoms with Crippen LogP contribution in [0.3, 0.4) is 0 Å². The lowest BCUT2D eigenvalue weighted by Crippen LogP contribution is -2.24. The van der Waals surface area contributed by atoms with Crippen LogP contribution in [0, 0.1) is 11.3 Å². The summed E-state index contributed by atoms with van der Waals surface area (Å²) in [6, 6.07) is 0. The van der Waals surface area contributed by atoms with Gasteiger partial charge in [-0.15, -0.1) is 0 Å². The van der Waals surface area contributed by atoms with E-state index in [1.807, 2.05) is 0 Å². The molecular formula is C12H23BrS. The number of thioether (sulfide) groups is 1. The van der Waals surface area contributed by atoms with E-state index < -0.39 is 0 Å². The molecule has 1 aliphatic rings. The highest BCUT2D eigenvalue weighted by Crippen LogP contribution is 2.35. The van der Waals surface area contributed by atoms with E-state index in [1.165, 1.54) is 31.4 Å². The second kappa shape index (κ2) is 5.79. The smallest absolute Gasteiger partial charge is 0.00725 e. The minimum Gasteiger partial charge on any atom is -0.158 e. The molecule has 0 aliphatic heterocycles. The summed E-state index contributed by atoms with van der Waals surface area (Å²) in [5.41, 5.74) is 0.453. The van der Waals surface area contributed by atoms with E-state index in [4.69, 9.17) is 0 Å². The van der Waals surface area contributed by atoms with Gasteiger partial charge in [0, 0.05) is 10.6 Å². The Morgan fingerprint density at radius 2 is 1.86 bits per heavy atom. The number of hydrogen-bond donors (Lipinski definition) is 0. The Hall–Kier alpha value is 0.830. The third-order valence-corrected chi connectivity index (χ3v) is 5.57. The van der Waals surface area contributed by atoms with Crippen molar-refractivity contribution in [2.24, 2.45) is 11.3 Å². The minimum atomic E-state index is 0.453. The van der Waals surface area contributed by atoms with Crippen LogP contribution in [0.4, 0.5) is 0 Å². The van der Waals surface area contributed by atoms with Crippen LogP contribution in [0.1, 0.15) is 46.5 Å². The van der Waals surface area contributed by atoms with E-state index >= 15 is 0 Å². The molecule has 0 spiro atoms. The molecule has 0 radical (unpaired) electrons. The Kier molecular flexibility index (Phi) is 5.33. The lowest BCUT2D eigenvalue weighted by Gasteiger charge is -2.29. The van der Waals surface area contributed by atoms with Gasteiger partial charge in [-0.3, -0.25) is 0 Å². The van der Waals surface area contributed by atoms with E-state index in [1.54, 1.807) is 0 Å². The molecule has 1 unspecified atom stereocenters. The van der Waals surface area contributed by atoms with Crippen LogP contribution in [0.5, 0.6) is 0 Å². The molecule has 1 saturated carbocycles. The van der Waals surface area contributed by atoms with Crippen LogP contribution in [-0.2, 0) is 0 Å². The molecule has 0 aromatic carbocycles. The number of rotatable bonds is 4. The Bertz CT molecular complexity index is 156. The summed E-state index contributed by atoms with van der Waals surface area (Å²) in [6.45, 7) is 7.07. The zero-order valence-corrected chi connectivity index (χ0v) is 12.1. The van der Waals surface area contributed by atoms with Crippen molar-refractivity contribution in [3.63, 3.8) is 0 Å². The molecule has 1 atom stereocenters. The molecule has 0 saturated heterocycles. The summed E-state index contributed by atoms with van der Waals surface area (Å²) in [6.07, 6.45) is 5.85. The summed E-state index contributed by atoms with van der Waals surface area (Å²) in [7, 11) is 0. The first-order valence-electron chi connectivity index (χ1n) is 5.71. The first-order chi connectivity index (χ1) is 6.54. The van der Waals surface area contributed by atoms with Crippen molar-refractivity contribution in [2.75, 3.05) is 11.1 Å². The van der Waals surface area contributed by atoms with Crippen LogP contribution >= 0.6 is 27.7 Å². The van der Waals surface area contributed by atoms with Crippen molar-refractivity contribution < 1.29 is 0 Å². The van der Waals surface area contributed by atoms with Crippen molar-refractivity contribution in [1.29, 1.82) is 0 Å². The molecule has 0 aromatic heterocycles. The summed E-state index contributed by atoms with van der Waals surface area (Å²) in [5, 5.41) is 2.12. The minimum absolute atomic E-state index is 0.453. The molecule has 0 amide bonds. The molecular weight excluding hydrogens is 256 g/mol. The van der Waals surface area contributed by atoms with Crippen LogP contribution in [0.2, 0.25) is 0 Å². The highest BCUT2D eigenvalue weighted by Gasteiger charge is 2.25. The van der Waals surface area contributed by atoms with Gasteiger partial charge in [0.2, 0.25) is 0 Å². The van der Waals surface area contributed by atoms with E-state index in [-0.39, 0.29) is 0 Å². The van der Waals surface area contributed by atoms with E-state index in [9.17, 15) is 0 Å². The van der Waals surface area contributed by atoms with E-state index in [0.29, 0.717) is 5.41 Å². The fraction of sp³-hybridized carbons (Fsp3) is 1.00. The van der Waals surface area contributed by atoms with Gasteiger partial charge in [-0.25, -0.2) is 0 Å². The number of hydrogen-bond acceptors (Lipinski definition) is 1. The quantitative estimate of drug-likeness (QED) is 0.671. The predicted octanol–water partition coefficient (Wildman–Crippen LogP) is 4.72.